The molecule has 3 fully saturated rings. The Kier molecular flexibility index (Phi) is 2.10. The van der Waals surface area contributed by atoms with Crippen molar-refractivity contribution < 1.29 is 9.59 Å². The summed E-state index contributed by atoms with van der Waals surface area (Å²) in [4.78, 5) is 0. The van der Waals surface area contributed by atoms with Crippen LogP contribution in [0.3, 0.4) is 0 Å². The molecule has 0 aromatic heterocycles. The molecule has 0 aromatic carbocycles. The van der Waals surface area contributed by atoms with Gasteiger partial charge in [-0.3, -0.25) is 0 Å². The van der Waals surface area contributed by atoms with Crippen LogP contribution in [0.4, 0.5) is 0 Å². The van der Waals surface area contributed by atoms with Gasteiger partial charge in [-0.1, -0.05) is 0 Å². The highest BCUT2D eigenvalue weighted by Gasteiger charge is 2.50. The lowest BCUT2D eigenvalue weighted by Crippen LogP contribution is -2.59. The Bertz CT molecular complexity index is 222. The minimum atomic E-state index is 0.0147. The second-order valence-electron chi connectivity index (χ2n) is 5.68. The molecular formula is C12H22NO+. The number of hydrogen-bond acceptors (Lipinski definition) is 1. The van der Waals surface area contributed by atoms with E-state index in [2.05, 4.69) is 0 Å². The Labute approximate surface area is 86.5 Å². The highest BCUT2D eigenvalue weighted by Crippen LogP contribution is 2.44. The van der Waals surface area contributed by atoms with Crippen LogP contribution in [0, 0.1) is 5.92 Å². The summed E-state index contributed by atoms with van der Waals surface area (Å²) in [6, 6.07) is 0.939. The van der Waals surface area contributed by atoms with E-state index >= 15 is 0 Å². The SMILES string of the molecule is OC1CC[N+]2(CCCC2)C2CCC2C1. The molecule has 3 unspecified atom stereocenters. The van der Waals surface area contributed by atoms with Gasteiger partial charge in [-0.25, -0.2) is 0 Å². The number of fused-ring (bicyclic) bond motifs is 2. The maximum Gasteiger partial charge on any atom is 0.0919 e. The van der Waals surface area contributed by atoms with Crippen LogP contribution in [0.25, 0.3) is 0 Å². The van der Waals surface area contributed by atoms with Gasteiger partial charge < -0.3 is 9.59 Å². The standard InChI is InChI=1S/C12H22NO/c14-11-5-8-13(6-1-2-7-13)12-4-3-10(12)9-11/h10-12,14H,1-9H2/q+1. The third kappa shape index (κ3) is 1.24. The van der Waals surface area contributed by atoms with Crippen molar-refractivity contribution in [3.63, 3.8) is 0 Å². The molecule has 0 radical (unpaired) electrons. The Morgan fingerprint density at radius 3 is 2.36 bits per heavy atom. The zero-order chi connectivity index (χ0) is 9.60. The summed E-state index contributed by atoms with van der Waals surface area (Å²) in [5.41, 5.74) is 0. The third-order valence-electron chi connectivity index (χ3n) is 5.02. The molecule has 1 spiro atoms. The van der Waals surface area contributed by atoms with Gasteiger partial charge >= 0.3 is 0 Å². The number of aliphatic hydroxyl groups is 1. The van der Waals surface area contributed by atoms with Gasteiger partial charge in [0.1, 0.15) is 0 Å². The fourth-order valence-corrected chi connectivity index (χ4v) is 4.11. The van der Waals surface area contributed by atoms with Gasteiger partial charge in [0.25, 0.3) is 0 Å². The van der Waals surface area contributed by atoms with Crippen molar-refractivity contribution in [3.8, 4) is 0 Å². The van der Waals surface area contributed by atoms with E-state index in [1.165, 1.54) is 49.8 Å². The molecule has 3 rings (SSSR count). The van der Waals surface area contributed by atoms with Crippen LogP contribution in [0.1, 0.15) is 38.5 Å². The molecule has 2 saturated heterocycles. The highest BCUT2D eigenvalue weighted by atomic mass is 16.3. The quantitative estimate of drug-likeness (QED) is 0.583. The lowest BCUT2D eigenvalue weighted by molar-refractivity contribution is -0.948. The summed E-state index contributed by atoms with van der Waals surface area (Å²) in [6.45, 7) is 4.09. The largest absolute Gasteiger partial charge is 0.393 e. The molecule has 0 bridgehead atoms. The smallest absolute Gasteiger partial charge is 0.0919 e. The van der Waals surface area contributed by atoms with Crippen LogP contribution in [-0.4, -0.2) is 41.4 Å². The van der Waals surface area contributed by atoms with E-state index in [9.17, 15) is 5.11 Å². The maximum absolute atomic E-state index is 9.84. The number of quaternary nitrogens is 1. The van der Waals surface area contributed by atoms with E-state index < -0.39 is 0 Å². The Balaban J connectivity index is 1.82. The lowest BCUT2D eigenvalue weighted by atomic mass is 9.75. The van der Waals surface area contributed by atoms with Crippen LogP contribution in [0.5, 0.6) is 0 Å². The van der Waals surface area contributed by atoms with E-state index in [1.54, 1.807) is 0 Å². The third-order valence-corrected chi connectivity index (χ3v) is 5.02. The lowest BCUT2D eigenvalue weighted by Gasteiger charge is -2.49. The Morgan fingerprint density at radius 1 is 0.929 bits per heavy atom. The van der Waals surface area contributed by atoms with E-state index in [0.29, 0.717) is 0 Å². The first-order valence-electron chi connectivity index (χ1n) is 6.34. The first-order chi connectivity index (χ1) is 6.80. The molecule has 3 atom stereocenters. The van der Waals surface area contributed by atoms with Gasteiger partial charge in [-0.15, -0.1) is 0 Å². The zero-order valence-corrected chi connectivity index (χ0v) is 8.99. The van der Waals surface area contributed by atoms with Crippen molar-refractivity contribution in [2.45, 2.75) is 50.7 Å². The molecule has 0 aromatic rings. The molecule has 14 heavy (non-hydrogen) atoms. The first kappa shape index (κ1) is 9.17. The van der Waals surface area contributed by atoms with Crippen molar-refractivity contribution in [1.29, 1.82) is 0 Å². The molecule has 3 aliphatic rings. The Morgan fingerprint density at radius 2 is 1.71 bits per heavy atom. The minimum absolute atomic E-state index is 0.0147. The first-order valence-corrected chi connectivity index (χ1v) is 6.34. The summed E-state index contributed by atoms with van der Waals surface area (Å²) in [5.74, 6) is 0.866. The van der Waals surface area contributed by atoms with E-state index in [-0.39, 0.29) is 6.10 Å². The monoisotopic (exact) mass is 196 g/mol. The summed E-state index contributed by atoms with van der Waals surface area (Å²) >= 11 is 0. The van der Waals surface area contributed by atoms with E-state index in [1.807, 2.05) is 0 Å². The second kappa shape index (κ2) is 3.21. The molecule has 2 heteroatoms. The molecular weight excluding hydrogens is 174 g/mol. The van der Waals surface area contributed by atoms with Gasteiger partial charge in [0.05, 0.1) is 31.8 Å². The van der Waals surface area contributed by atoms with Gasteiger partial charge in [0, 0.05) is 31.6 Å². The van der Waals surface area contributed by atoms with Crippen molar-refractivity contribution in [2.75, 3.05) is 19.6 Å². The average molecular weight is 196 g/mol. The van der Waals surface area contributed by atoms with Crippen LogP contribution < -0.4 is 0 Å². The van der Waals surface area contributed by atoms with Gasteiger partial charge in [0.15, 0.2) is 0 Å². The second-order valence-corrected chi connectivity index (χ2v) is 5.68. The number of hydrogen-bond donors (Lipinski definition) is 1. The minimum Gasteiger partial charge on any atom is -0.393 e. The fourth-order valence-electron chi connectivity index (χ4n) is 4.11. The molecule has 80 valence electrons. The zero-order valence-electron chi connectivity index (χ0n) is 8.99. The van der Waals surface area contributed by atoms with Gasteiger partial charge in [0.2, 0.25) is 0 Å². The molecule has 1 aliphatic carbocycles. The molecule has 2 aliphatic heterocycles. The van der Waals surface area contributed by atoms with Crippen LogP contribution in [0.2, 0.25) is 0 Å². The number of rotatable bonds is 0. The highest BCUT2D eigenvalue weighted by molar-refractivity contribution is 4.88. The van der Waals surface area contributed by atoms with Gasteiger partial charge in [-0.2, -0.15) is 0 Å². The van der Waals surface area contributed by atoms with Crippen LogP contribution in [0.15, 0.2) is 0 Å². The molecule has 0 amide bonds. The van der Waals surface area contributed by atoms with E-state index in [4.69, 9.17) is 0 Å². The fraction of sp³-hybridized carbons (Fsp3) is 1.00. The van der Waals surface area contributed by atoms with Crippen molar-refractivity contribution in [1.82, 2.24) is 0 Å². The predicted octanol–water partition coefficient (Wildman–Crippen LogP) is 1.53. The molecule has 2 heterocycles. The summed E-state index contributed by atoms with van der Waals surface area (Å²) < 4.78 is 1.39. The summed E-state index contributed by atoms with van der Waals surface area (Å²) in [6.07, 6.45) is 7.87. The summed E-state index contributed by atoms with van der Waals surface area (Å²) in [5, 5.41) is 9.84. The maximum atomic E-state index is 9.84. The topological polar surface area (TPSA) is 20.2 Å². The van der Waals surface area contributed by atoms with Crippen molar-refractivity contribution >= 4 is 0 Å². The van der Waals surface area contributed by atoms with Gasteiger partial charge in [-0.05, 0) is 12.8 Å². The van der Waals surface area contributed by atoms with E-state index in [0.717, 1.165) is 24.8 Å². The van der Waals surface area contributed by atoms with Crippen LogP contribution in [-0.2, 0) is 0 Å². The van der Waals surface area contributed by atoms with Crippen LogP contribution >= 0.6 is 0 Å². The number of aliphatic hydroxyl groups excluding tert-OH is 1. The molecule has 1 saturated carbocycles. The summed E-state index contributed by atoms with van der Waals surface area (Å²) in [7, 11) is 0. The van der Waals surface area contributed by atoms with Crippen molar-refractivity contribution in [3.05, 3.63) is 0 Å². The predicted molar refractivity (Wildman–Crippen MR) is 55.8 cm³/mol. The molecule has 2 nitrogen and oxygen atoms in total. The number of nitrogens with zero attached hydrogens (tertiary/aromatic N) is 1. The Hall–Kier alpha value is -0.0800. The molecule has 1 N–H and O–H groups in total. The normalized spacial score (nSPS) is 45.6. The average Bonchev–Trinajstić information content (AvgIpc) is 2.55. The van der Waals surface area contributed by atoms with Crippen molar-refractivity contribution in [2.24, 2.45) is 5.92 Å².